The van der Waals surface area contributed by atoms with E-state index in [9.17, 15) is 22.4 Å². The van der Waals surface area contributed by atoms with E-state index in [0.717, 1.165) is 48.5 Å². The van der Waals surface area contributed by atoms with E-state index >= 15 is 0 Å². The molecular weight excluding hydrogens is 600 g/mol. The standard InChI is InChI=1S/C31H34Cl2FN3O4S/c1-2-29(31(39)35-25-9-5-3-6-10-25)36(20-22-13-14-23(32)19-28(22)33)30(38)21-37(26-17-15-24(34)16-18-26)42(40,41)27-11-7-4-8-12-27/h4,7-8,11-19,25,29H,2-3,5-6,9-10,20-21H2,1H3,(H,35,39). The lowest BCUT2D eigenvalue weighted by Gasteiger charge is -2.34. The Morgan fingerprint density at radius 2 is 1.64 bits per heavy atom. The van der Waals surface area contributed by atoms with Crippen molar-refractivity contribution in [1.29, 1.82) is 0 Å². The average molecular weight is 635 g/mol. The molecular formula is C31H34Cl2FN3O4S. The second-order valence-electron chi connectivity index (χ2n) is 10.3. The van der Waals surface area contributed by atoms with Crippen LogP contribution in [0.1, 0.15) is 51.0 Å². The predicted molar refractivity (Wildman–Crippen MR) is 163 cm³/mol. The van der Waals surface area contributed by atoms with Crippen LogP contribution in [0.15, 0.2) is 77.7 Å². The Morgan fingerprint density at radius 1 is 0.976 bits per heavy atom. The monoisotopic (exact) mass is 633 g/mol. The van der Waals surface area contributed by atoms with Gasteiger partial charge in [0, 0.05) is 22.6 Å². The van der Waals surface area contributed by atoms with Crippen LogP contribution in [-0.2, 0) is 26.2 Å². The highest BCUT2D eigenvalue weighted by atomic mass is 35.5. The van der Waals surface area contributed by atoms with Crippen LogP contribution >= 0.6 is 23.2 Å². The van der Waals surface area contributed by atoms with E-state index in [2.05, 4.69) is 5.32 Å². The molecule has 0 aromatic heterocycles. The van der Waals surface area contributed by atoms with Gasteiger partial charge in [-0.15, -0.1) is 0 Å². The van der Waals surface area contributed by atoms with Crippen molar-refractivity contribution in [2.24, 2.45) is 0 Å². The summed E-state index contributed by atoms with van der Waals surface area (Å²) in [5, 5.41) is 3.83. The smallest absolute Gasteiger partial charge is 0.264 e. The second-order valence-corrected chi connectivity index (χ2v) is 13.0. The summed E-state index contributed by atoms with van der Waals surface area (Å²) in [4.78, 5) is 29.1. The molecule has 1 aliphatic rings. The van der Waals surface area contributed by atoms with Gasteiger partial charge in [0.05, 0.1) is 10.6 Å². The first kappa shape index (κ1) is 31.8. The van der Waals surface area contributed by atoms with E-state index in [-0.39, 0.29) is 35.5 Å². The molecule has 3 aromatic carbocycles. The summed E-state index contributed by atoms with van der Waals surface area (Å²) in [5.41, 5.74) is 0.662. The van der Waals surface area contributed by atoms with Crippen molar-refractivity contribution in [3.63, 3.8) is 0 Å². The minimum Gasteiger partial charge on any atom is -0.352 e. The van der Waals surface area contributed by atoms with Gasteiger partial charge in [0.25, 0.3) is 10.0 Å². The molecule has 0 saturated heterocycles. The maximum Gasteiger partial charge on any atom is 0.264 e. The molecule has 0 bridgehead atoms. The van der Waals surface area contributed by atoms with E-state index in [1.54, 1.807) is 43.3 Å². The lowest BCUT2D eigenvalue weighted by molar-refractivity contribution is -0.140. The van der Waals surface area contributed by atoms with E-state index in [4.69, 9.17) is 23.2 Å². The van der Waals surface area contributed by atoms with Gasteiger partial charge in [0.1, 0.15) is 18.4 Å². The number of carbonyl (C=O) groups is 2. The molecule has 0 radical (unpaired) electrons. The third kappa shape index (κ3) is 7.82. The number of sulfonamides is 1. The Bertz CT molecular complexity index is 1480. The Kier molecular flexibility index (Phi) is 10.9. The van der Waals surface area contributed by atoms with Crippen LogP contribution in [0.4, 0.5) is 10.1 Å². The molecule has 1 aliphatic carbocycles. The first-order valence-electron chi connectivity index (χ1n) is 14.0. The summed E-state index contributed by atoms with van der Waals surface area (Å²) in [6.07, 6.45) is 5.19. The Morgan fingerprint density at radius 3 is 2.26 bits per heavy atom. The van der Waals surface area contributed by atoms with Crippen LogP contribution in [0.25, 0.3) is 0 Å². The molecule has 1 unspecified atom stereocenters. The zero-order chi connectivity index (χ0) is 30.3. The third-order valence-corrected chi connectivity index (χ3v) is 9.79. The van der Waals surface area contributed by atoms with Gasteiger partial charge in [-0.3, -0.25) is 13.9 Å². The zero-order valence-corrected chi connectivity index (χ0v) is 25.6. The van der Waals surface area contributed by atoms with Crippen molar-refractivity contribution < 1.29 is 22.4 Å². The number of hydrogen-bond donors (Lipinski definition) is 1. The van der Waals surface area contributed by atoms with Crippen LogP contribution in [0.2, 0.25) is 10.0 Å². The number of halogens is 3. The number of benzene rings is 3. The molecule has 0 heterocycles. The summed E-state index contributed by atoms with van der Waals surface area (Å²) in [7, 11) is -4.24. The molecule has 224 valence electrons. The van der Waals surface area contributed by atoms with Gasteiger partial charge in [0.15, 0.2) is 0 Å². The highest BCUT2D eigenvalue weighted by molar-refractivity contribution is 7.92. The molecule has 11 heteroatoms. The number of amides is 2. The molecule has 4 rings (SSSR count). The molecule has 7 nitrogen and oxygen atoms in total. The van der Waals surface area contributed by atoms with E-state index in [1.165, 1.54) is 29.2 Å². The number of rotatable bonds is 11. The molecule has 42 heavy (non-hydrogen) atoms. The molecule has 3 aromatic rings. The van der Waals surface area contributed by atoms with Crippen molar-refractivity contribution in [2.75, 3.05) is 10.8 Å². The predicted octanol–water partition coefficient (Wildman–Crippen LogP) is 6.58. The summed E-state index contributed by atoms with van der Waals surface area (Å²) in [6, 6.07) is 16.5. The highest BCUT2D eigenvalue weighted by Crippen LogP contribution is 2.27. The number of nitrogens with one attached hydrogen (secondary N) is 1. The normalized spacial score (nSPS) is 14.7. The number of hydrogen-bond acceptors (Lipinski definition) is 4. The fourth-order valence-electron chi connectivity index (χ4n) is 5.15. The Hall–Kier alpha value is -3.14. The zero-order valence-electron chi connectivity index (χ0n) is 23.3. The van der Waals surface area contributed by atoms with Crippen molar-refractivity contribution in [3.05, 3.63) is 94.2 Å². The summed E-state index contributed by atoms with van der Waals surface area (Å²) in [6.45, 7) is 1.13. The Labute approximate surface area is 256 Å². The maximum absolute atomic E-state index is 14.1. The second kappa shape index (κ2) is 14.4. The maximum atomic E-state index is 14.1. The van der Waals surface area contributed by atoms with E-state index in [0.29, 0.717) is 15.6 Å². The summed E-state index contributed by atoms with van der Waals surface area (Å²) < 4.78 is 42.3. The van der Waals surface area contributed by atoms with Crippen molar-refractivity contribution in [3.8, 4) is 0 Å². The largest absolute Gasteiger partial charge is 0.352 e. The Balaban J connectivity index is 1.71. The molecule has 0 aliphatic heterocycles. The molecule has 1 saturated carbocycles. The minimum absolute atomic E-state index is 0.0190. The summed E-state index contributed by atoms with van der Waals surface area (Å²) in [5.74, 6) is -1.47. The molecule has 1 atom stereocenters. The van der Waals surface area contributed by atoms with Crippen LogP contribution in [0.5, 0.6) is 0 Å². The first-order valence-corrected chi connectivity index (χ1v) is 16.2. The van der Waals surface area contributed by atoms with Gasteiger partial charge in [-0.2, -0.15) is 0 Å². The topological polar surface area (TPSA) is 86.8 Å². The van der Waals surface area contributed by atoms with Gasteiger partial charge in [0.2, 0.25) is 11.8 Å². The molecule has 1 fully saturated rings. The quantitative estimate of drug-likeness (QED) is 0.258. The van der Waals surface area contributed by atoms with Crippen molar-refractivity contribution >= 4 is 50.7 Å². The van der Waals surface area contributed by atoms with Crippen LogP contribution < -0.4 is 9.62 Å². The highest BCUT2D eigenvalue weighted by Gasteiger charge is 2.34. The van der Waals surface area contributed by atoms with Gasteiger partial charge in [-0.25, -0.2) is 12.8 Å². The molecule has 2 amide bonds. The van der Waals surface area contributed by atoms with Crippen molar-refractivity contribution in [1.82, 2.24) is 10.2 Å². The lowest BCUT2D eigenvalue weighted by atomic mass is 9.95. The molecule has 1 N–H and O–H groups in total. The average Bonchev–Trinajstić information content (AvgIpc) is 2.98. The van der Waals surface area contributed by atoms with Gasteiger partial charge < -0.3 is 10.2 Å². The fraction of sp³-hybridized carbons (Fsp3) is 0.355. The third-order valence-electron chi connectivity index (χ3n) is 7.42. The van der Waals surface area contributed by atoms with Crippen LogP contribution in [0, 0.1) is 5.82 Å². The van der Waals surface area contributed by atoms with Crippen molar-refractivity contribution in [2.45, 2.75) is 69.0 Å². The van der Waals surface area contributed by atoms with Gasteiger partial charge >= 0.3 is 0 Å². The van der Waals surface area contributed by atoms with E-state index in [1.807, 2.05) is 0 Å². The lowest BCUT2D eigenvalue weighted by Crippen LogP contribution is -2.54. The van der Waals surface area contributed by atoms with E-state index < -0.39 is 34.3 Å². The van der Waals surface area contributed by atoms with Gasteiger partial charge in [-0.05, 0) is 73.4 Å². The number of nitrogens with zero attached hydrogens (tertiary/aromatic N) is 2. The fourth-order valence-corrected chi connectivity index (χ4v) is 7.06. The molecule has 0 spiro atoms. The van der Waals surface area contributed by atoms with Crippen LogP contribution in [0.3, 0.4) is 0 Å². The number of anilines is 1. The van der Waals surface area contributed by atoms with Gasteiger partial charge in [-0.1, -0.05) is 73.7 Å². The number of carbonyl (C=O) groups excluding carboxylic acids is 2. The summed E-state index contributed by atoms with van der Waals surface area (Å²) >= 11 is 12.6. The SMILES string of the molecule is CCC(C(=O)NC1CCCCC1)N(Cc1ccc(Cl)cc1Cl)C(=O)CN(c1ccc(F)cc1)S(=O)(=O)c1ccccc1. The minimum atomic E-state index is -4.24. The van der Waals surface area contributed by atoms with Crippen LogP contribution in [-0.4, -0.2) is 43.8 Å². The first-order chi connectivity index (χ1) is 20.1.